The Hall–Kier alpha value is -5.58. The van der Waals surface area contributed by atoms with Crippen LogP contribution in [0.2, 0.25) is 0 Å². The molecule has 2 saturated carbocycles. The van der Waals surface area contributed by atoms with Gasteiger partial charge in [-0.2, -0.15) is 22.0 Å². The van der Waals surface area contributed by atoms with E-state index in [2.05, 4.69) is 45.2 Å². The number of benzene rings is 3. The average Bonchev–Trinajstić information content (AvgIpc) is 3.64. The van der Waals surface area contributed by atoms with Crippen LogP contribution in [0.1, 0.15) is 78.7 Å². The molecular weight excluding hydrogens is 790 g/mol. The Balaban J connectivity index is 1.15. The van der Waals surface area contributed by atoms with Crippen molar-refractivity contribution in [3.8, 4) is 11.1 Å². The predicted octanol–water partition coefficient (Wildman–Crippen LogP) is 7.54. The molecule has 60 heavy (non-hydrogen) atoms. The zero-order valence-corrected chi connectivity index (χ0v) is 33.6. The summed E-state index contributed by atoms with van der Waals surface area (Å²) in [5, 5.41) is 20.0. The number of carbonyl (C=O) groups is 4. The van der Waals surface area contributed by atoms with Crippen LogP contribution in [0, 0.1) is 18.8 Å². The number of nitrogens with zero attached hydrogens (tertiary/aromatic N) is 2. The van der Waals surface area contributed by atoms with Crippen molar-refractivity contribution in [1.29, 1.82) is 0 Å². The van der Waals surface area contributed by atoms with E-state index in [9.17, 15) is 41.1 Å². The Morgan fingerprint density at radius 1 is 0.883 bits per heavy atom. The van der Waals surface area contributed by atoms with E-state index in [1.165, 1.54) is 18.2 Å². The molecule has 4 amide bonds. The molecule has 2 aliphatic rings. The second-order valence-electron chi connectivity index (χ2n) is 16.2. The number of alkyl halides is 5. The van der Waals surface area contributed by atoms with Gasteiger partial charge in [0.2, 0.25) is 11.8 Å². The molecule has 0 aliphatic heterocycles. The van der Waals surface area contributed by atoms with Crippen LogP contribution in [-0.2, 0) is 21.9 Å². The summed E-state index contributed by atoms with van der Waals surface area (Å²) >= 11 is 0. The van der Waals surface area contributed by atoms with Gasteiger partial charge in [-0.05, 0) is 131 Å². The molecule has 2 aliphatic carbocycles. The molecule has 3 aromatic carbocycles. The van der Waals surface area contributed by atoms with Crippen LogP contribution in [0.15, 0.2) is 60.7 Å². The van der Waals surface area contributed by atoms with Gasteiger partial charge in [0.1, 0.15) is 6.04 Å². The van der Waals surface area contributed by atoms with Gasteiger partial charge in [0, 0.05) is 42.2 Å². The lowest BCUT2D eigenvalue weighted by Crippen LogP contribution is -2.48. The number of amides is 4. The molecule has 6 N–H and O–H groups in total. The maximum absolute atomic E-state index is 14.0. The third kappa shape index (κ3) is 10.6. The van der Waals surface area contributed by atoms with Crippen LogP contribution in [0.3, 0.4) is 0 Å². The number of halogens is 5. The van der Waals surface area contributed by atoms with Gasteiger partial charge in [-0.25, -0.2) is 9.78 Å². The Morgan fingerprint density at radius 2 is 1.57 bits per heavy atom. The number of fused-ring (bicyclic) bond motifs is 1. The highest BCUT2D eigenvalue weighted by atomic mass is 19.4. The molecule has 0 unspecified atom stereocenters. The summed E-state index contributed by atoms with van der Waals surface area (Å²) in [6, 6.07) is 16.2. The fourth-order valence-electron chi connectivity index (χ4n) is 8.15. The molecule has 2 fully saturated rings. The SMILES string of the molecule is Cc1cc(C(=O)NC2CCC(N(C)C)CC2)ccc1-c1ccc(C[C@H](NC(=O)C2CCC(CNC(=O)O)CC2)C(=O)Nc2ccc3nc(C(F)(F)C(F)(F)F)[nH]c3c2)cc1. The van der Waals surface area contributed by atoms with Gasteiger partial charge in [-0.15, -0.1) is 0 Å². The zero-order chi connectivity index (χ0) is 43.4. The number of hydrogen-bond acceptors (Lipinski definition) is 6. The first-order valence-electron chi connectivity index (χ1n) is 20.1. The van der Waals surface area contributed by atoms with Crippen LogP contribution in [0.4, 0.5) is 32.4 Å². The summed E-state index contributed by atoms with van der Waals surface area (Å²) in [4.78, 5) is 59.1. The van der Waals surface area contributed by atoms with Crippen molar-refractivity contribution in [3.63, 3.8) is 0 Å². The Bertz CT molecular complexity index is 2180. The Morgan fingerprint density at radius 3 is 2.18 bits per heavy atom. The minimum absolute atomic E-state index is 0.0541. The monoisotopic (exact) mass is 839 g/mol. The molecule has 0 spiro atoms. The lowest BCUT2D eigenvalue weighted by atomic mass is 9.81. The Labute approximate surface area is 344 Å². The first kappa shape index (κ1) is 44.0. The number of rotatable bonds is 13. The lowest BCUT2D eigenvalue weighted by molar-refractivity contribution is -0.292. The first-order chi connectivity index (χ1) is 28.4. The molecule has 4 aromatic rings. The minimum Gasteiger partial charge on any atom is -0.465 e. The molecule has 1 heterocycles. The normalized spacial score (nSPS) is 20.4. The van der Waals surface area contributed by atoms with E-state index in [4.69, 9.17) is 5.11 Å². The average molecular weight is 840 g/mol. The number of aromatic amines is 1. The van der Waals surface area contributed by atoms with E-state index in [0.717, 1.165) is 42.4 Å². The molecule has 1 aromatic heterocycles. The number of aromatic nitrogens is 2. The van der Waals surface area contributed by atoms with E-state index in [0.29, 0.717) is 42.9 Å². The van der Waals surface area contributed by atoms with E-state index >= 15 is 0 Å². The standard InChI is InChI=1S/C43H50F5N7O5/c1-24-20-29(38(57)50-30-13-16-32(17-14-30)55(2)3)12-18-33(24)27-8-4-25(5-9-27)21-36(52-37(56)28-10-6-26(7-11-28)23-49-41(59)60)39(58)51-31-15-19-34-35(22-31)54-40(53-34)42(44,45)43(46,47)48/h4-5,8-9,12,15,18-20,22,26,28,30,32,36,49H,6-7,10-11,13-14,16-17,21,23H2,1-3H3,(H,50,57)(H,51,58)(H,52,56)(H,53,54)(H,59,60)/t26?,28?,30?,32?,36-/m0/s1. The maximum Gasteiger partial charge on any atom is 0.461 e. The minimum atomic E-state index is -5.87. The van der Waals surface area contributed by atoms with Crippen LogP contribution < -0.4 is 21.3 Å². The van der Waals surface area contributed by atoms with E-state index in [1.807, 2.05) is 48.3 Å². The molecule has 322 valence electrons. The summed E-state index contributed by atoms with van der Waals surface area (Å²) in [6.45, 7) is 2.20. The van der Waals surface area contributed by atoms with Gasteiger partial charge in [0.15, 0.2) is 5.82 Å². The molecule has 6 rings (SSSR count). The summed E-state index contributed by atoms with van der Waals surface area (Å²) < 4.78 is 67.0. The quantitative estimate of drug-likeness (QED) is 0.0757. The highest BCUT2D eigenvalue weighted by Crippen LogP contribution is 2.43. The second-order valence-corrected chi connectivity index (χ2v) is 16.2. The number of nitrogens with one attached hydrogen (secondary N) is 5. The van der Waals surface area contributed by atoms with Crippen LogP contribution in [0.5, 0.6) is 0 Å². The fourth-order valence-corrected chi connectivity index (χ4v) is 8.15. The number of hydrogen-bond donors (Lipinski definition) is 6. The van der Waals surface area contributed by atoms with Crippen molar-refractivity contribution in [2.24, 2.45) is 11.8 Å². The molecular formula is C43H50F5N7O5. The second kappa shape index (κ2) is 18.4. The van der Waals surface area contributed by atoms with Gasteiger partial charge < -0.3 is 36.3 Å². The summed E-state index contributed by atoms with van der Waals surface area (Å²) in [6.07, 6.45) is -0.820. The number of H-pyrrole nitrogens is 1. The molecule has 1 atom stereocenters. The predicted molar refractivity (Wildman–Crippen MR) is 216 cm³/mol. The number of aryl methyl sites for hydroxylation is 1. The van der Waals surface area contributed by atoms with Crippen LogP contribution >= 0.6 is 0 Å². The van der Waals surface area contributed by atoms with Crippen molar-refractivity contribution >= 4 is 40.5 Å². The van der Waals surface area contributed by atoms with E-state index in [-0.39, 0.29) is 53.5 Å². The smallest absolute Gasteiger partial charge is 0.461 e. The summed E-state index contributed by atoms with van der Waals surface area (Å²) in [5.41, 5.74) is 3.68. The topological polar surface area (TPSA) is 169 Å². The molecule has 0 saturated heterocycles. The van der Waals surface area contributed by atoms with Gasteiger partial charge in [0.25, 0.3) is 5.91 Å². The largest absolute Gasteiger partial charge is 0.465 e. The van der Waals surface area contributed by atoms with Crippen molar-refractivity contribution in [3.05, 3.63) is 83.2 Å². The van der Waals surface area contributed by atoms with Crippen molar-refractivity contribution < 1.29 is 46.2 Å². The summed E-state index contributed by atoms with van der Waals surface area (Å²) in [7, 11) is 4.16. The number of imidazole rings is 1. The van der Waals surface area contributed by atoms with Crippen molar-refractivity contribution in [2.75, 3.05) is 26.0 Å². The molecule has 0 bridgehead atoms. The van der Waals surface area contributed by atoms with E-state index in [1.54, 1.807) is 6.07 Å². The van der Waals surface area contributed by atoms with Crippen LogP contribution in [0.25, 0.3) is 22.2 Å². The lowest BCUT2D eigenvalue weighted by Gasteiger charge is -2.33. The van der Waals surface area contributed by atoms with Crippen LogP contribution in [-0.4, -0.2) is 88.7 Å². The first-order valence-corrected chi connectivity index (χ1v) is 20.1. The van der Waals surface area contributed by atoms with E-state index < -0.39 is 41.9 Å². The number of anilines is 1. The van der Waals surface area contributed by atoms with Crippen molar-refractivity contribution in [2.45, 2.75) is 94.9 Å². The molecule has 17 heteroatoms. The number of carbonyl (C=O) groups excluding carboxylic acids is 3. The number of carboxylic acid groups (broad SMARTS) is 1. The zero-order valence-electron chi connectivity index (χ0n) is 33.6. The summed E-state index contributed by atoms with van der Waals surface area (Å²) in [5.74, 6) is -8.28. The van der Waals surface area contributed by atoms with Crippen molar-refractivity contribution in [1.82, 2.24) is 30.8 Å². The van der Waals surface area contributed by atoms with Gasteiger partial charge in [-0.1, -0.05) is 30.3 Å². The van der Waals surface area contributed by atoms with Gasteiger partial charge in [0.05, 0.1) is 11.0 Å². The maximum atomic E-state index is 14.0. The third-order valence-corrected chi connectivity index (χ3v) is 11.8. The third-order valence-electron chi connectivity index (χ3n) is 11.8. The fraction of sp³-hybridized carbons (Fsp3) is 0.465. The van der Waals surface area contributed by atoms with Gasteiger partial charge in [-0.3, -0.25) is 14.4 Å². The molecule has 12 nitrogen and oxygen atoms in total. The highest BCUT2D eigenvalue weighted by molar-refractivity contribution is 5.99. The molecule has 0 radical (unpaired) electrons. The van der Waals surface area contributed by atoms with Gasteiger partial charge >= 0.3 is 18.2 Å². The highest BCUT2D eigenvalue weighted by Gasteiger charge is 2.61. The Kier molecular flexibility index (Phi) is 13.5.